The predicted octanol–water partition coefficient (Wildman–Crippen LogP) is 3.99. The van der Waals surface area contributed by atoms with Crippen molar-refractivity contribution in [2.75, 3.05) is 10.0 Å². The van der Waals surface area contributed by atoms with Crippen LogP contribution in [-0.2, 0) is 10.0 Å². The molecule has 7 nitrogen and oxygen atoms in total. The second-order valence-corrected chi connectivity index (χ2v) is 7.78. The number of anilines is 2. The quantitative estimate of drug-likeness (QED) is 0.715. The Morgan fingerprint density at radius 3 is 2.25 bits per heavy atom. The Kier molecular flexibility index (Phi) is 6.28. The first kappa shape index (κ1) is 20.8. The van der Waals surface area contributed by atoms with Crippen LogP contribution in [0.4, 0.5) is 11.4 Å². The standard InChI is InChI=1S/C19H14ClN5O2S/c1-12-6-7-16(13(2)8-12)25-28(26,27)19-15(20)4-3-5-17(19)24-18(11-23)14(9-21)10-22/h3-8,24-25H,1-2H3. The van der Waals surface area contributed by atoms with E-state index in [4.69, 9.17) is 22.1 Å². The second-order valence-electron chi connectivity index (χ2n) is 5.75. The van der Waals surface area contributed by atoms with Crippen molar-refractivity contribution in [3.63, 3.8) is 0 Å². The van der Waals surface area contributed by atoms with Gasteiger partial charge in [0, 0.05) is 0 Å². The maximum atomic E-state index is 13.0. The Balaban J connectivity index is 2.57. The van der Waals surface area contributed by atoms with Gasteiger partial charge in [0.15, 0.2) is 5.57 Å². The average molecular weight is 412 g/mol. The zero-order valence-electron chi connectivity index (χ0n) is 14.9. The lowest BCUT2D eigenvalue weighted by atomic mass is 10.1. The van der Waals surface area contributed by atoms with E-state index in [0.717, 1.165) is 11.1 Å². The molecule has 0 heterocycles. The number of rotatable bonds is 5. The fourth-order valence-corrected chi connectivity index (χ4v) is 4.26. The highest BCUT2D eigenvalue weighted by molar-refractivity contribution is 7.93. The Labute approximate surface area is 168 Å². The maximum absolute atomic E-state index is 13.0. The number of hydrogen-bond donors (Lipinski definition) is 2. The normalized spacial score (nSPS) is 10.1. The topological polar surface area (TPSA) is 130 Å². The van der Waals surface area contributed by atoms with Gasteiger partial charge in [-0.2, -0.15) is 15.8 Å². The first-order chi connectivity index (χ1) is 13.2. The summed E-state index contributed by atoms with van der Waals surface area (Å²) in [5.74, 6) is 0. The van der Waals surface area contributed by atoms with Crippen molar-refractivity contribution in [3.8, 4) is 18.2 Å². The number of sulfonamides is 1. The fourth-order valence-electron chi connectivity index (χ4n) is 2.42. The molecule has 0 radical (unpaired) electrons. The van der Waals surface area contributed by atoms with Gasteiger partial charge in [0.05, 0.1) is 16.4 Å². The third kappa shape index (κ3) is 4.42. The SMILES string of the molecule is Cc1ccc(NS(=O)(=O)c2c(Cl)cccc2NC(C#N)=C(C#N)C#N)c(C)c1. The van der Waals surface area contributed by atoms with Crippen LogP contribution in [0.5, 0.6) is 0 Å². The van der Waals surface area contributed by atoms with E-state index in [9.17, 15) is 13.7 Å². The Morgan fingerprint density at radius 1 is 1.00 bits per heavy atom. The van der Waals surface area contributed by atoms with Gasteiger partial charge >= 0.3 is 0 Å². The number of hydrogen-bond acceptors (Lipinski definition) is 6. The van der Waals surface area contributed by atoms with Crippen LogP contribution in [-0.4, -0.2) is 8.42 Å². The van der Waals surface area contributed by atoms with Crippen molar-refractivity contribution < 1.29 is 8.42 Å². The van der Waals surface area contributed by atoms with E-state index >= 15 is 0 Å². The molecule has 2 aromatic rings. The molecule has 0 aliphatic heterocycles. The van der Waals surface area contributed by atoms with Crippen LogP contribution < -0.4 is 10.0 Å². The van der Waals surface area contributed by atoms with Crippen molar-refractivity contribution in [1.29, 1.82) is 15.8 Å². The number of nitrogens with zero attached hydrogens (tertiary/aromatic N) is 3. The van der Waals surface area contributed by atoms with Gasteiger partial charge in [-0.3, -0.25) is 4.72 Å². The Morgan fingerprint density at radius 2 is 1.68 bits per heavy atom. The molecule has 0 saturated carbocycles. The van der Waals surface area contributed by atoms with Crippen molar-refractivity contribution in [1.82, 2.24) is 0 Å². The minimum atomic E-state index is -4.15. The number of nitriles is 3. The molecule has 0 amide bonds. The summed E-state index contributed by atoms with van der Waals surface area (Å²) in [6, 6.07) is 14.3. The minimum Gasteiger partial charge on any atom is -0.344 e. The van der Waals surface area contributed by atoms with Crippen LogP contribution in [0.15, 0.2) is 52.6 Å². The van der Waals surface area contributed by atoms with Crippen molar-refractivity contribution in [2.24, 2.45) is 0 Å². The molecule has 0 aliphatic rings. The average Bonchev–Trinajstić information content (AvgIpc) is 2.63. The van der Waals surface area contributed by atoms with Gasteiger partial charge in [-0.1, -0.05) is 35.4 Å². The molecule has 0 atom stereocenters. The summed E-state index contributed by atoms with van der Waals surface area (Å²) in [5.41, 5.74) is 1.18. The molecule has 0 aliphatic carbocycles. The van der Waals surface area contributed by atoms with E-state index in [1.165, 1.54) is 18.2 Å². The van der Waals surface area contributed by atoms with Crippen molar-refractivity contribution in [3.05, 3.63) is 63.8 Å². The zero-order valence-corrected chi connectivity index (χ0v) is 16.5. The highest BCUT2D eigenvalue weighted by Crippen LogP contribution is 2.32. The number of aryl methyl sites for hydroxylation is 2. The second kappa shape index (κ2) is 8.45. The first-order valence-corrected chi connectivity index (χ1v) is 9.69. The van der Waals surface area contributed by atoms with E-state index in [1.807, 2.05) is 13.0 Å². The van der Waals surface area contributed by atoms with E-state index in [2.05, 4.69) is 10.0 Å². The molecule has 140 valence electrons. The van der Waals surface area contributed by atoms with Gasteiger partial charge in [0.2, 0.25) is 0 Å². The third-order valence-electron chi connectivity index (χ3n) is 3.71. The number of nitrogens with one attached hydrogen (secondary N) is 2. The van der Waals surface area contributed by atoms with Gasteiger partial charge in [0.25, 0.3) is 10.0 Å². The lowest BCUT2D eigenvalue weighted by Gasteiger charge is -2.16. The van der Waals surface area contributed by atoms with E-state index in [-0.39, 0.29) is 21.3 Å². The monoisotopic (exact) mass is 411 g/mol. The van der Waals surface area contributed by atoms with Gasteiger partial charge < -0.3 is 5.32 Å². The largest absolute Gasteiger partial charge is 0.344 e. The lowest BCUT2D eigenvalue weighted by Crippen LogP contribution is -2.17. The predicted molar refractivity (Wildman–Crippen MR) is 106 cm³/mol. The van der Waals surface area contributed by atoms with Crippen LogP contribution in [0.2, 0.25) is 5.02 Å². The highest BCUT2D eigenvalue weighted by Gasteiger charge is 2.24. The molecule has 0 aromatic heterocycles. The zero-order chi connectivity index (χ0) is 20.9. The molecule has 28 heavy (non-hydrogen) atoms. The van der Waals surface area contributed by atoms with Crippen LogP contribution in [0.3, 0.4) is 0 Å². The minimum absolute atomic E-state index is 0.0377. The number of allylic oxidation sites excluding steroid dienone is 2. The van der Waals surface area contributed by atoms with E-state index in [0.29, 0.717) is 5.69 Å². The van der Waals surface area contributed by atoms with E-state index < -0.39 is 15.6 Å². The number of benzene rings is 2. The van der Waals surface area contributed by atoms with Crippen LogP contribution in [0, 0.1) is 47.8 Å². The van der Waals surface area contributed by atoms with Gasteiger partial charge in [-0.15, -0.1) is 0 Å². The molecule has 0 spiro atoms. The molecule has 0 bridgehead atoms. The molecular formula is C19H14ClN5O2S. The van der Waals surface area contributed by atoms with Crippen LogP contribution in [0.25, 0.3) is 0 Å². The molecule has 0 fully saturated rings. The molecule has 2 rings (SSSR count). The van der Waals surface area contributed by atoms with Gasteiger partial charge in [-0.05, 0) is 37.6 Å². The lowest BCUT2D eigenvalue weighted by molar-refractivity contribution is 0.601. The molecular weight excluding hydrogens is 398 g/mol. The Hall–Kier alpha value is -3.51. The highest BCUT2D eigenvalue weighted by atomic mass is 35.5. The molecule has 9 heteroatoms. The van der Waals surface area contributed by atoms with Gasteiger partial charge in [-0.25, -0.2) is 8.42 Å². The molecule has 2 N–H and O–H groups in total. The summed E-state index contributed by atoms with van der Waals surface area (Å²) < 4.78 is 28.5. The summed E-state index contributed by atoms with van der Waals surface area (Å²) in [6.07, 6.45) is 0. The smallest absolute Gasteiger partial charge is 0.265 e. The molecule has 0 saturated heterocycles. The van der Waals surface area contributed by atoms with Gasteiger partial charge in [0.1, 0.15) is 28.8 Å². The van der Waals surface area contributed by atoms with Crippen molar-refractivity contribution >= 4 is 33.0 Å². The van der Waals surface area contributed by atoms with Crippen LogP contribution in [0.1, 0.15) is 11.1 Å². The maximum Gasteiger partial charge on any atom is 0.265 e. The summed E-state index contributed by atoms with van der Waals surface area (Å²) in [4.78, 5) is -0.306. The molecule has 0 unspecified atom stereocenters. The number of halogens is 1. The Bertz CT molecular complexity index is 1180. The first-order valence-electron chi connectivity index (χ1n) is 7.83. The van der Waals surface area contributed by atoms with Crippen LogP contribution >= 0.6 is 11.6 Å². The summed E-state index contributed by atoms with van der Waals surface area (Å²) in [7, 11) is -4.15. The third-order valence-corrected chi connectivity index (χ3v) is 5.60. The summed E-state index contributed by atoms with van der Waals surface area (Å²) in [6.45, 7) is 3.65. The summed E-state index contributed by atoms with van der Waals surface area (Å²) >= 11 is 6.13. The summed E-state index contributed by atoms with van der Waals surface area (Å²) in [5, 5.41) is 29.6. The fraction of sp³-hybridized carbons (Fsp3) is 0.105. The van der Waals surface area contributed by atoms with E-state index in [1.54, 1.807) is 37.3 Å². The van der Waals surface area contributed by atoms with Crippen molar-refractivity contribution in [2.45, 2.75) is 18.7 Å². The molecule has 2 aromatic carbocycles.